The van der Waals surface area contributed by atoms with Crippen molar-refractivity contribution >= 4 is 27.6 Å². The Labute approximate surface area is 173 Å². The van der Waals surface area contributed by atoms with E-state index in [1.807, 2.05) is 6.07 Å². The Morgan fingerprint density at radius 3 is 2.57 bits per heavy atom. The second kappa shape index (κ2) is 9.04. The monoisotopic (exact) mass is 429 g/mol. The summed E-state index contributed by atoms with van der Waals surface area (Å²) in [5.41, 5.74) is 0.470. The fraction of sp³-hybridized carbons (Fsp3) is 0.250. The van der Waals surface area contributed by atoms with Crippen molar-refractivity contribution < 1.29 is 27.9 Å². The smallest absolute Gasteiger partial charge is 0.337 e. The SMILES string of the molecule is N#CCc1ccc(NC(=O)c2cccc(S(=O)(=O)N3CCOCC3)c2)c(C(=O)O)c1. The maximum Gasteiger partial charge on any atom is 0.337 e. The van der Waals surface area contributed by atoms with E-state index in [1.54, 1.807) is 6.07 Å². The number of hydrogen-bond donors (Lipinski definition) is 2. The van der Waals surface area contributed by atoms with Crippen LogP contribution in [-0.4, -0.2) is 56.0 Å². The van der Waals surface area contributed by atoms with E-state index in [4.69, 9.17) is 10.00 Å². The van der Waals surface area contributed by atoms with Crippen molar-refractivity contribution in [3.63, 3.8) is 0 Å². The van der Waals surface area contributed by atoms with Gasteiger partial charge in [0.25, 0.3) is 5.91 Å². The summed E-state index contributed by atoms with van der Waals surface area (Å²) in [5, 5.41) is 20.7. The number of nitrogens with one attached hydrogen (secondary N) is 1. The molecule has 156 valence electrons. The molecule has 10 heteroatoms. The highest BCUT2D eigenvalue weighted by molar-refractivity contribution is 7.89. The van der Waals surface area contributed by atoms with Gasteiger partial charge in [0.1, 0.15) is 0 Å². The molecule has 1 amide bonds. The third-order valence-electron chi connectivity index (χ3n) is 4.55. The number of benzene rings is 2. The molecule has 9 nitrogen and oxygen atoms in total. The molecule has 3 rings (SSSR count). The fourth-order valence-corrected chi connectivity index (χ4v) is 4.46. The highest BCUT2D eigenvalue weighted by Crippen LogP contribution is 2.22. The number of carboxylic acids is 1. The first-order valence-electron chi connectivity index (χ1n) is 9.05. The highest BCUT2D eigenvalue weighted by Gasteiger charge is 2.27. The van der Waals surface area contributed by atoms with E-state index in [1.165, 1.54) is 40.7 Å². The number of nitrogens with zero attached hydrogens (tertiary/aromatic N) is 2. The van der Waals surface area contributed by atoms with Gasteiger partial charge in [-0.3, -0.25) is 4.79 Å². The topological polar surface area (TPSA) is 137 Å². The number of carbonyl (C=O) groups excluding carboxylic acids is 1. The van der Waals surface area contributed by atoms with Crippen LogP contribution in [0.4, 0.5) is 5.69 Å². The van der Waals surface area contributed by atoms with E-state index < -0.39 is 21.9 Å². The zero-order valence-electron chi connectivity index (χ0n) is 15.9. The van der Waals surface area contributed by atoms with Gasteiger partial charge in [-0.1, -0.05) is 12.1 Å². The van der Waals surface area contributed by atoms with Crippen LogP contribution in [0.2, 0.25) is 0 Å². The van der Waals surface area contributed by atoms with Gasteiger partial charge in [-0.25, -0.2) is 13.2 Å². The number of carboxylic acid groups (broad SMARTS) is 1. The van der Waals surface area contributed by atoms with Gasteiger partial charge in [0.15, 0.2) is 0 Å². The summed E-state index contributed by atoms with van der Waals surface area (Å²) in [7, 11) is -3.78. The molecule has 1 fully saturated rings. The van der Waals surface area contributed by atoms with Gasteiger partial charge in [-0.2, -0.15) is 9.57 Å². The van der Waals surface area contributed by atoms with E-state index >= 15 is 0 Å². The number of anilines is 1. The molecule has 2 N–H and O–H groups in total. The van der Waals surface area contributed by atoms with Crippen LogP contribution in [-0.2, 0) is 21.2 Å². The number of hydrogen-bond acceptors (Lipinski definition) is 6. The third kappa shape index (κ3) is 4.65. The van der Waals surface area contributed by atoms with E-state index in [2.05, 4.69) is 5.32 Å². The average molecular weight is 429 g/mol. The normalized spacial score (nSPS) is 14.6. The van der Waals surface area contributed by atoms with Gasteiger partial charge in [-0.15, -0.1) is 0 Å². The predicted molar refractivity (Wildman–Crippen MR) is 107 cm³/mol. The number of nitriles is 1. The molecule has 0 saturated carbocycles. The van der Waals surface area contributed by atoms with E-state index in [0.29, 0.717) is 18.8 Å². The summed E-state index contributed by atoms with van der Waals surface area (Å²) in [6.45, 7) is 1.07. The van der Waals surface area contributed by atoms with Crippen molar-refractivity contribution in [2.45, 2.75) is 11.3 Å². The minimum Gasteiger partial charge on any atom is -0.478 e. The molecular formula is C20H19N3O6S. The Hall–Kier alpha value is -3.26. The number of aromatic carboxylic acids is 1. The van der Waals surface area contributed by atoms with Crippen molar-refractivity contribution in [1.29, 1.82) is 5.26 Å². The van der Waals surface area contributed by atoms with E-state index in [-0.39, 0.29) is 41.2 Å². The molecule has 0 aromatic heterocycles. The van der Waals surface area contributed by atoms with Crippen molar-refractivity contribution in [3.05, 3.63) is 59.2 Å². The second-order valence-corrected chi connectivity index (χ2v) is 8.46. The molecule has 0 spiro atoms. The maximum atomic E-state index is 12.8. The number of morpholine rings is 1. The minimum atomic E-state index is -3.78. The van der Waals surface area contributed by atoms with Gasteiger partial charge in [0.05, 0.1) is 41.9 Å². The Kier molecular flexibility index (Phi) is 6.47. The van der Waals surface area contributed by atoms with Crippen molar-refractivity contribution in [2.24, 2.45) is 0 Å². The van der Waals surface area contributed by atoms with Crippen LogP contribution in [0.15, 0.2) is 47.4 Å². The molecule has 0 unspecified atom stereocenters. The van der Waals surface area contributed by atoms with Gasteiger partial charge in [0, 0.05) is 18.7 Å². The van der Waals surface area contributed by atoms with Crippen molar-refractivity contribution in [1.82, 2.24) is 4.31 Å². The van der Waals surface area contributed by atoms with Crippen molar-refractivity contribution in [2.75, 3.05) is 31.6 Å². The maximum absolute atomic E-state index is 12.8. The number of carbonyl (C=O) groups is 2. The lowest BCUT2D eigenvalue weighted by molar-refractivity contribution is 0.0698. The van der Waals surface area contributed by atoms with Gasteiger partial charge >= 0.3 is 5.97 Å². The second-order valence-electron chi connectivity index (χ2n) is 6.52. The van der Waals surface area contributed by atoms with Crippen LogP contribution in [0.1, 0.15) is 26.3 Å². The molecule has 30 heavy (non-hydrogen) atoms. The van der Waals surface area contributed by atoms with Crippen molar-refractivity contribution in [3.8, 4) is 6.07 Å². The van der Waals surface area contributed by atoms with Gasteiger partial charge in [0.2, 0.25) is 10.0 Å². The largest absolute Gasteiger partial charge is 0.478 e. The fourth-order valence-electron chi connectivity index (χ4n) is 3.01. The molecule has 0 radical (unpaired) electrons. The Morgan fingerprint density at radius 2 is 1.90 bits per heavy atom. The molecule has 1 aliphatic rings. The molecule has 1 heterocycles. The standard InChI is InChI=1S/C20H19N3O6S/c21-7-6-14-4-5-18(17(12-14)20(25)26)22-19(24)15-2-1-3-16(13-15)30(27,28)23-8-10-29-11-9-23/h1-5,12-13H,6,8-11H2,(H,22,24)(H,25,26). The molecule has 0 bridgehead atoms. The molecule has 1 saturated heterocycles. The zero-order valence-corrected chi connectivity index (χ0v) is 16.7. The van der Waals surface area contributed by atoms with Gasteiger partial charge in [-0.05, 0) is 35.9 Å². The first-order chi connectivity index (χ1) is 14.3. The first kappa shape index (κ1) is 21.4. The summed E-state index contributed by atoms with van der Waals surface area (Å²) < 4.78 is 32.1. The lowest BCUT2D eigenvalue weighted by atomic mass is 10.1. The lowest BCUT2D eigenvalue weighted by Crippen LogP contribution is -2.40. The average Bonchev–Trinajstić information content (AvgIpc) is 2.75. The Bertz CT molecular complexity index is 1120. The molecule has 2 aromatic rings. The van der Waals surface area contributed by atoms with E-state index in [0.717, 1.165) is 0 Å². The molecular weight excluding hydrogens is 410 g/mol. The predicted octanol–water partition coefficient (Wildman–Crippen LogP) is 1.72. The number of ether oxygens (including phenoxy) is 1. The summed E-state index contributed by atoms with van der Waals surface area (Å²) in [4.78, 5) is 24.2. The summed E-state index contributed by atoms with van der Waals surface area (Å²) in [6, 6.07) is 11.8. The number of amides is 1. The van der Waals surface area contributed by atoms with Crippen LogP contribution in [0.3, 0.4) is 0 Å². The van der Waals surface area contributed by atoms with Crippen LogP contribution in [0.5, 0.6) is 0 Å². The Morgan fingerprint density at radius 1 is 1.17 bits per heavy atom. The molecule has 0 atom stereocenters. The Balaban J connectivity index is 1.86. The lowest BCUT2D eigenvalue weighted by Gasteiger charge is -2.26. The molecule has 0 aliphatic carbocycles. The van der Waals surface area contributed by atoms with E-state index in [9.17, 15) is 23.1 Å². The van der Waals surface area contributed by atoms with Crippen LogP contribution in [0, 0.1) is 11.3 Å². The number of sulfonamides is 1. The molecule has 1 aliphatic heterocycles. The third-order valence-corrected chi connectivity index (χ3v) is 6.44. The molecule has 2 aromatic carbocycles. The quantitative estimate of drug-likeness (QED) is 0.713. The van der Waals surface area contributed by atoms with Crippen LogP contribution < -0.4 is 5.32 Å². The zero-order chi connectivity index (χ0) is 21.7. The highest BCUT2D eigenvalue weighted by atomic mass is 32.2. The summed E-state index contributed by atoms with van der Waals surface area (Å²) in [6.07, 6.45) is 0.0376. The summed E-state index contributed by atoms with van der Waals surface area (Å²) in [5.74, 6) is -1.90. The number of rotatable bonds is 6. The van der Waals surface area contributed by atoms with Gasteiger partial charge < -0.3 is 15.2 Å². The van der Waals surface area contributed by atoms with Crippen LogP contribution >= 0.6 is 0 Å². The minimum absolute atomic E-state index is 0.0279. The summed E-state index contributed by atoms with van der Waals surface area (Å²) >= 11 is 0. The van der Waals surface area contributed by atoms with Crippen LogP contribution in [0.25, 0.3) is 0 Å². The first-order valence-corrected chi connectivity index (χ1v) is 10.5.